The standard InChI is InChI=1S/C22H19ClN2O4S/c23-18-8-12-20(13-9-18)30(28,29)25-19-10-6-16(7-11-19)21(4-1-5-22(26)27)17-3-2-14-24-15-17/h2-4,6-15,25H,1,5H2,(H,26,27). The average Bonchev–Trinajstić information content (AvgIpc) is 2.72. The van der Waals surface area contributed by atoms with Crippen LogP contribution in [0.4, 0.5) is 5.69 Å². The number of hydrogen-bond acceptors (Lipinski definition) is 4. The number of carbonyl (C=O) groups is 1. The summed E-state index contributed by atoms with van der Waals surface area (Å²) < 4.78 is 27.6. The third-order valence-electron chi connectivity index (χ3n) is 4.25. The summed E-state index contributed by atoms with van der Waals surface area (Å²) in [5.74, 6) is -0.872. The number of aliphatic carboxylic acids is 1. The first-order chi connectivity index (χ1) is 14.3. The number of aromatic nitrogens is 1. The molecular formula is C22H19ClN2O4S. The fourth-order valence-corrected chi connectivity index (χ4v) is 3.99. The van der Waals surface area contributed by atoms with E-state index in [9.17, 15) is 13.2 Å². The van der Waals surface area contributed by atoms with E-state index in [-0.39, 0.29) is 11.3 Å². The van der Waals surface area contributed by atoms with Gasteiger partial charge in [0.05, 0.1) is 4.90 Å². The monoisotopic (exact) mass is 442 g/mol. The molecule has 30 heavy (non-hydrogen) atoms. The van der Waals surface area contributed by atoms with Gasteiger partial charge >= 0.3 is 5.97 Å². The van der Waals surface area contributed by atoms with Crippen LogP contribution < -0.4 is 4.72 Å². The minimum absolute atomic E-state index is 0.0166. The number of rotatable bonds is 8. The van der Waals surface area contributed by atoms with E-state index in [0.29, 0.717) is 17.1 Å². The first-order valence-corrected chi connectivity index (χ1v) is 10.9. The maximum absolute atomic E-state index is 12.5. The highest BCUT2D eigenvalue weighted by Gasteiger charge is 2.14. The number of benzene rings is 2. The second kappa shape index (κ2) is 9.56. The van der Waals surface area contributed by atoms with Crippen molar-refractivity contribution in [2.75, 3.05) is 4.72 Å². The predicted molar refractivity (Wildman–Crippen MR) is 117 cm³/mol. The fraction of sp³-hybridized carbons (Fsp3) is 0.0909. The van der Waals surface area contributed by atoms with Gasteiger partial charge in [-0.05, 0) is 60.0 Å². The molecule has 0 saturated carbocycles. The van der Waals surface area contributed by atoms with E-state index in [2.05, 4.69) is 9.71 Å². The topological polar surface area (TPSA) is 96.4 Å². The molecule has 0 unspecified atom stereocenters. The molecule has 0 aliphatic heterocycles. The average molecular weight is 443 g/mol. The van der Waals surface area contributed by atoms with Gasteiger partial charge in [0.2, 0.25) is 0 Å². The van der Waals surface area contributed by atoms with Crippen LogP contribution >= 0.6 is 11.6 Å². The van der Waals surface area contributed by atoms with Crippen LogP contribution in [0.5, 0.6) is 0 Å². The summed E-state index contributed by atoms with van der Waals surface area (Å²) in [6.07, 6.45) is 5.59. The van der Waals surface area contributed by atoms with Gasteiger partial charge in [-0.15, -0.1) is 0 Å². The van der Waals surface area contributed by atoms with E-state index < -0.39 is 16.0 Å². The molecule has 3 aromatic rings. The van der Waals surface area contributed by atoms with Gasteiger partial charge in [0.15, 0.2) is 0 Å². The quantitative estimate of drug-likeness (QED) is 0.520. The van der Waals surface area contributed by atoms with E-state index in [0.717, 1.165) is 16.7 Å². The Hall–Kier alpha value is -3.16. The molecule has 0 saturated heterocycles. The summed E-state index contributed by atoms with van der Waals surface area (Å²) in [7, 11) is -3.74. The number of nitrogens with zero attached hydrogens (tertiary/aromatic N) is 1. The zero-order valence-electron chi connectivity index (χ0n) is 15.8. The molecule has 0 spiro atoms. The molecule has 0 aliphatic carbocycles. The molecule has 1 aromatic heterocycles. The minimum atomic E-state index is -3.74. The fourth-order valence-electron chi connectivity index (χ4n) is 2.81. The van der Waals surface area contributed by atoms with Crippen LogP contribution in [0.1, 0.15) is 24.0 Å². The lowest BCUT2D eigenvalue weighted by molar-refractivity contribution is -0.136. The molecule has 8 heteroatoms. The van der Waals surface area contributed by atoms with Crippen molar-refractivity contribution in [2.45, 2.75) is 17.7 Å². The first kappa shape index (κ1) is 21.5. The van der Waals surface area contributed by atoms with Gasteiger partial charge in [0.1, 0.15) is 0 Å². The Morgan fingerprint density at radius 3 is 2.33 bits per heavy atom. The Labute approximate surface area is 179 Å². The predicted octanol–water partition coefficient (Wildman–Crippen LogP) is 4.83. The summed E-state index contributed by atoms with van der Waals surface area (Å²) in [6.45, 7) is 0. The van der Waals surface area contributed by atoms with Crippen LogP contribution in [-0.4, -0.2) is 24.5 Å². The van der Waals surface area contributed by atoms with Gasteiger partial charge in [-0.25, -0.2) is 8.42 Å². The number of pyridine rings is 1. The van der Waals surface area contributed by atoms with Crippen molar-refractivity contribution in [1.82, 2.24) is 4.98 Å². The lowest BCUT2D eigenvalue weighted by Crippen LogP contribution is -2.12. The molecule has 2 aromatic carbocycles. The highest BCUT2D eigenvalue weighted by molar-refractivity contribution is 7.92. The Balaban J connectivity index is 1.84. The summed E-state index contributed by atoms with van der Waals surface area (Å²) >= 11 is 5.82. The highest BCUT2D eigenvalue weighted by atomic mass is 35.5. The molecule has 2 N–H and O–H groups in total. The Kier molecular flexibility index (Phi) is 6.87. The van der Waals surface area contributed by atoms with Crippen molar-refractivity contribution >= 4 is 38.9 Å². The van der Waals surface area contributed by atoms with Crippen LogP contribution in [0.25, 0.3) is 5.57 Å². The molecular weight excluding hydrogens is 424 g/mol. The number of carboxylic acid groups (broad SMARTS) is 1. The van der Waals surface area contributed by atoms with Crippen molar-refractivity contribution in [1.29, 1.82) is 0 Å². The highest BCUT2D eigenvalue weighted by Crippen LogP contribution is 2.26. The molecule has 0 radical (unpaired) electrons. The lowest BCUT2D eigenvalue weighted by Gasteiger charge is -2.11. The maximum Gasteiger partial charge on any atom is 0.303 e. The zero-order chi connectivity index (χ0) is 21.6. The van der Waals surface area contributed by atoms with Gasteiger partial charge in [-0.1, -0.05) is 35.9 Å². The number of hydrogen-bond donors (Lipinski definition) is 2. The summed E-state index contributed by atoms with van der Waals surface area (Å²) in [5, 5.41) is 9.36. The molecule has 0 aliphatic rings. The Morgan fingerprint density at radius 1 is 1.03 bits per heavy atom. The number of sulfonamides is 1. The molecule has 154 valence electrons. The third-order valence-corrected chi connectivity index (χ3v) is 5.90. The Bertz CT molecular complexity index is 1140. The van der Waals surface area contributed by atoms with Crippen LogP contribution in [0, 0.1) is 0 Å². The first-order valence-electron chi connectivity index (χ1n) is 9.06. The number of allylic oxidation sites excluding steroid dienone is 1. The van der Waals surface area contributed by atoms with Crippen LogP contribution in [0.3, 0.4) is 0 Å². The van der Waals surface area contributed by atoms with Gasteiger partial charge in [-0.3, -0.25) is 14.5 Å². The molecule has 0 bridgehead atoms. The molecule has 6 nitrogen and oxygen atoms in total. The van der Waals surface area contributed by atoms with Crippen LogP contribution in [-0.2, 0) is 14.8 Å². The lowest BCUT2D eigenvalue weighted by atomic mass is 9.97. The molecule has 0 fully saturated rings. The SMILES string of the molecule is O=C(O)CCC=C(c1ccc(NS(=O)(=O)c2ccc(Cl)cc2)cc1)c1cccnc1. The second-order valence-corrected chi connectivity index (χ2v) is 8.55. The number of halogens is 1. The van der Waals surface area contributed by atoms with E-state index in [1.807, 2.05) is 12.1 Å². The summed E-state index contributed by atoms with van der Waals surface area (Å²) in [6, 6.07) is 16.5. The van der Waals surface area contributed by atoms with Crippen molar-refractivity contribution in [3.8, 4) is 0 Å². The number of carboxylic acids is 1. The zero-order valence-corrected chi connectivity index (χ0v) is 17.4. The van der Waals surface area contributed by atoms with Crippen molar-refractivity contribution in [3.05, 3.63) is 95.3 Å². The minimum Gasteiger partial charge on any atom is -0.481 e. The van der Waals surface area contributed by atoms with Gasteiger partial charge < -0.3 is 5.11 Å². The van der Waals surface area contributed by atoms with Crippen LogP contribution in [0.15, 0.2) is 84.0 Å². The smallest absolute Gasteiger partial charge is 0.303 e. The number of anilines is 1. The van der Waals surface area contributed by atoms with Crippen LogP contribution in [0.2, 0.25) is 5.02 Å². The number of nitrogens with one attached hydrogen (secondary N) is 1. The summed E-state index contributed by atoms with van der Waals surface area (Å²) in [5.41, 5.74) is 2.90. The van der Waals surface area contributed by atoms with E-state index >= 15 is 0 Å². The molecule has 3 rings (SSSR count). The van der Waals surface area contributed by atoms with Crippen molar-refractivity contribution in [3.63, 3.8) is 0 Å². The molecule has 0 amide bonds. The largest absolute Gasteiger partial charge is 0.481 e. The summed E-state index contributed by atoms with van der Waals surface area (Å²) in [4.78, 5) is 15.1. The van der Waals surface area contributed by atoms with Crippen molar-refractivity contribution in [2.24, 2.45) is 0 Å². The normalized spacial score (nSPS) is 11.8. The third kappa shape index (κ3) is 5.68. The van der Waals surface area contributed by atoms with Crippen molar-refractivity contribution < 1.29 is 18.3 Å². The van der Waals surface area contributed by atoms with E-state index in [1.54, 1.807) is 42.7 Å². The maximum atomic E-state index is 12.5. The molecule has 0 atom stereocenters. The Morgan fingerprint density at radius 2 is 1.73 bits per heavy atom. The van der Waals surface area contributed by atoms with Gasteiger partial charge in [0, 0.05) is 35.1 Å². The van der Waals surface area contributed by atoms with E-state index in [4.69, 9.17) is 16.7 Å². The van der Waals surface area contributed by atoms with E-state index in [1.165, 1.54) is 24.3 Å². The second-order valence-electron chi connectivity index (χ2n) is 6.43. The van der Waals surface area contributed by atoms with Gasteiger partial charge in [-0.2, -0.15) is 0 Å². The van der Waals surface area contributed by atoms with Gasteiger partial charge in [0.25, 0.3) is 10.0 Å². The molecule has 1 heterocycles.